The highest BCUT2D eigenvalue weighted by Gasteiger charge is 2.49. The summed E-state index contributed by atoms with van der Waals surface area (Å²) in [6.07, 6.45) is 1.29. The summed E-state index contributed by atoms with van der Waals surface area (Å²) in [4.78, 5) is 48.8. The quantitative estimate of drug-likeness (QED) is 0.281. The van der Waals surface area contributed by atoms with Gasteiger partial charge in [0, 0.05) is 54.6 Å². The lowest BCUT2D eigenvalue weighted by Gasteiger charge is -2.54. The fourth-order valence-electron chi connectivity index (χ4n) is 7.38. The number of anilines is 1. The standard InChI is InChI=1S/C31H32N6O4/c1-17(2)28(30-32-23-6-3-4-7-24(23)33-30)34-31(39)22-14-18-13-21(37(40)41)10-11-26(18)36-15-19-12-20(29(22)36)16-35-25(19)8-5-9-27(35)38/h3-11,13,17,19-20,22,28-29H,12,14-16H2,1-2H3,(H,32,33)(H,34,39)/t19?,20?,22-,28+,29+/m1/s1. The van der Waals surface area contributed by atoms with Gasteiger partial charge in [0.25, 0.3) is 11.2 Å². The van der Waals surface area contributed by atoms with Crippen molar-refractivity contribution < 1.29 is 9.72 Å². The van der Waals surface area contributed by atoms with Gasteiger partial charge in [-0.2, -0.15) is 0 Å². The van der Waals surface area contributed by atoms with Gasteiger partial charge in [0.2, 0.25) is 5.91 Å². The molecule has 210 valence electrons. The Hall–Kier alpha value is -4.47. The molecule has 5 atom stereocenters. The summed E-state index contributed by atoms with van der Waals surface area (Å²) in [6, 6.07) is 17.8. The van der Waals surface area contributed by atoms with Gasteiger partial charge in [-0.25, -0.2) is 4.98 Å². The number of nitro groups is 1. The van der Waals surface area contributed by atoms with Crippen molar-refractivity contribution in [1.29, 1.82) is 0 Å². The largest absolute Gasteiger partial charge is 0.366 e. The van der Waals surface area contributed by atoms with Crippen molar-refractivity contribution in [3.05, 3.63) is 98.2 Å². The Bertz CT molecular complexity index is 1710. The number of piperidine rings is 1. The van der Waals surface area contributed by atoms with Crippen LogP contribution in [-0.2, 0) is 17.8 Å². The molecule has 1 fully saturated rings. The number of imidazole rings is 1. The predicted molar refractivity (Wildman–Crippen MR) is 155 cm³/mol. The molecule has 2 N–H and O–H groups in total. The van der Waals surface area contributed by atoms with Gasteiger partial charge in [-0.1, -0.05) is 32.0 Å². The molecule has 1 saturated heterocycles. The normalized spacial score (nSPS) is 23.4. The fraction of sp³-hybridized carbons (Fsp3) is 0.387. The van der Waals surface area contributed by atoms with Crippen LogP contribution in [0.15, 0.2) is 65.5 Å². The van der Waals surface area contributed by atoms with Crippen molar-refractivity contribution in [3.8, 4) is 0 Å². The minimum Gasteiger partial charge on any atom is -0.366 e. The molecule has 2 unspecified atom stereocenters. The van der Waals surface area contributed by atoms with Crippen LogP contribution in [0.2, 0.25) is 0 Å². The van der Waals surface area contributed by atoms with E-state index in [9.17, 15) is 19.7 Å². The van der Waals surface area contributed by atoms with Gasteiger partial charge >= 0.3 is 0 Å². The van der Waals surface area contributed by atoms with Crippen LogP contribution in [0.25, 0.3) is 11.0 Å². The maximum absolute atomic E-state index is 14.3. The van der Waals surface area contributed by atoms with Gasteiger partial charge in [0.15, 0.2) is 0 Å². The Labute approximate surface area is 236 Å². The minimum atomic E-state index is -0.443. The maximum Gasteiger partial charge on any atom is 0.269 e. The number of hydrogen-bond acceptors (Lipinski definition) is 6. The summed E-state index contributed by atoms with van der Waals surface area (Å²) in [5.41, 5.74) is 4.55. The number of nitrogens with one attached hydrogen (secondary N) is 2. The van der Waals surface area contributed by atoms with E-state index in [-0.39, 0.29) is 51.9 Å². The Morgan fingerprint density at radius 2 is 1.95 bits per heavy atom. The summed E-state index contributed by atoms with van der Waals surface area (Å²) in [5.74, 6) is 0.471. The number of nitrogens with zero attached hydrogens (tertiary/aromatic N) is 4. The van der Waals surface area contributed by atoms with Crippen molar-refractivity contribution in [2.24, 2.45) is 17.8 Å². The number of carbonyl (C=O) groups excluding carboxylic acids is 1. The van der Waals surface area contributed by atoms with Gasteiger partial charge in [-0.05, 0) is 54.5 Å². The second-order valence-corrected chi connectivity index (χ2v) is 12.0. The molecular weight excluding hydrogens is 520 g/mol. The first kappa shape index (κ1) is 25.5. The highest BCUT2D eigenvalue weighted by atomic mass is 16.6. The zero-order chi connectivity index (χ0) is 28.4. The van der Waals surface area contributed by atoms with Crippen LogP contribution in [0.3, 0.4) is 0 Å². The highest BCUT2D eigenvalue weighted by Crippen LogP contribution is 2.48. The lowest BCUT2D eigenvalue weighted by Crippen LogP contribution is -2.61. The molecule has 0 radical (unpaired) electrons. The first-order valence-corrected chi connectivity index (χ1v) is 14.3. The second-order valence-electron chi connectivity index (χ2n) is 12.0. The molecule has 0 spiro atoms. The van der Waals surface area contributed by atoms with Gasteiger partial charge in [-0.3, -0.25) is 19.7 Å². The maximum atomic E-state index is 14.3. The van der Waals surface area contributed by atoms with E-state index in [0.717, 1.165) is 34.4 Å². The van der Waals surface area contributed by atoms with Gasteiger partial charge in [0.1, 0.15) is 5.82 Å². The van der Waals surface area contributed by atoms with Gasteiger partial charge < -0.3 is 19.8 Å². The smallest absolute Gasteiger partial charge is 0.269 e. The SMILES string of the molecule is CC(C)[C@H](NC(=O)[C@@H]1Cc2cc([N+](=O)[O-])ccc2N2CC3CC(Cn4c3cccc4=O)[C@@H]12)c1nc2ccccc2[nH]1. The number of nitro benzene ring substituents is 1. The number of aromatic amines is 1. The van der Waals surface area contributed by atoms with E-state index in [2.05, 4.69) is 29.0 Å². The number of fused-ring (bicyclic) bond motifs is 9. The van der Waals surface area contributed by atoms with Crippen LogP contribution in [0.4, 0.5) is 11.4 Å². The minimum absolute atomic E-state index is 0.0109. The van der Waals surface area contributed by atoms with Crippen LogP contribution in [0.5, 0.6) is 0 Å². The van der Waals surface area contributed by atoms with Crippen LogP contribution in [0, 0.1) is 27.9 Å². The molecule has 3 aliphatic rings. The van der Waals surface area contributed by atoms with E-state index in [1.54, 1.807) is 18.2 Å². The number of para-hydroxylation sites is 2. The summed E-state index contributed by atoms with van der Waals surface area (Å²) >= 11 is 0. The summed E-state index contributed by atoms with van der Waals surface area (Å²) in [6.45, 7) is 5.31. The van der Waals surface area contributed by atoms with Crippen molar-refractivity contribution >= 4 is 28.3 Å². The molecule has 10 nitrogen and oxygen atoms in total. The van der Waals surface area contributed by atoms with Crippen LogP contribution >= 0.6 is 0 Å². The number of carbonyl (C=O) groups is 1. The fourth-order valence-corrected chi connectivity index (χ4v) is 7.38. The summed E-state index contributed by atoms with van der Waals surface area (Å²) < 4.78 is 1.88. The van der Waals surface area contributed by atoms with E-state index < -0.39 is 5.92 Å². The molecule has 1 amide bonds. The number of aromatic nitrogens is 3. The zero-order valence-electron chi connectivity index (χ0n) is 23.0. The molecule has 2 bridgehead atoms. The van der Waals surface area contributed by atoms with Crippen molar-refractivity contribution in [3.63, 3.8) is 0 Å². The molecule has 10 heteroatoms. The van der Waals surface area contributed by atoms with E-state index in [0.29, 0.717) is 25.3 Å². The summed E-state index contributed by atoms with van der Waals surface area (Å²) in [5, 5.41) is 14.9. The van der Waals surface area contributed by atoms with Gasteiger partial charge in [-0.15, -0.1) is 0 Å². The van der Waals surface area contributed by atoms with E-state index in [4.69, 9.17) is 4.98 Å². The Balaban J connectivity index is 1.28. The molecule has 0 saturated carbocycles. The lowest BCUT2D eigenvalue weighted by atomic mass is 9.70. The Morgan fingerprint density at radius 3 is 2.73 bits per heavy atom. The van der Waals surface area contributed by atoms with Crippen LogP contribution < -0.4 is 15.8 Å². The predicted octanol–water partition coefficient (Wildman–Crippen LogP) is 4.31. The lowest BCUT2D eigenvalue weighted by molar-refractivity contribution is -0.384. The first-order chi connectivity index (χ1) is 19.8. The molecule has 0 aliphatic carbocycles. The Kier molecular flexibility index (Phi) is 5.95. The molecule has 4 aromatic rings. The number of benzene rings is 2. The number of H-pyrrole nitrogens is 1. The average Bonchev–Trinajstić information content (AvgIpc) is 3.39. The number of rotatable bonds is 5. The van der Waals surface area contributed by atoms with Crippen molar-refractivity contribution in [2.45, 2.75) is 51.2 Å². The van der Waals surface area contributed by atoms with E-state index >= 15 is 0 Å². The molecule has 7 rings (SSSR count). The monoisotopic (exact) mass is 552 g/mol. The van der Waals surface area contributed by atoms with E-state index in [1.807, 2.05) is 47.0 Å². The highest BCUT2D eigenvalue weighted by molar-refractivity contribution is 5.83. The van der Waals surface area contributed by atoms with E-state index in [1.165, 1.54) is 0 Å². The van der Waals surface area contributed by atoms with Gasteiger partial charge in [0.05, 0.1) is 27.9 Å². The summed E-state index contributed by atoms with van der Waals surface area (Å²) in [7, 11) is 0. The number of non-ortho nitro benzene ring substituents is 1. The number of amides is 1. The molecule has 2 aromatic heterocycles. The third-order valence-corrected chi connectivity index (χ3v) is 9.20. The first-order valence-electron chi connectivity index (χ1n) is 14.3. The molecule has 2 aromatic carbocycles. The average molecular weight is 553 g/mol. The third-order valence-electron chi connectivity index (χ3n) is 9.20. The zero-order valence-corrected chi connectivity index (χ0v) is 23.0. The van der Waals surface area contributed by atoms with Crippen LogP contribution in [-0.4, -0.2) is 38.0 Å². The second kappa shape index (κ2) is 9.57. The topological polar surface area (TPSA) is 126 Å². The number of hydrogen-bond donors (Lipinski definition) is 2. The molecule has 3 aliphatic heterocycles. The molecule has 41 heavy (non-hydrogen) atoms. The molecular formula is C31H32N6O4. The van der Waals surface area contributed by atoms with Crippen molar-refractivity contribution in [2.75, 3.05) is 11.4 Å². The Morgan fingerprint density at radius 1 is 1.12 bits per heavy atom. The number of pyridine rings is 1. The van der Waals surface area contributed by atoms with Crippen LogP contribution in [0.1, 0.15) is 49.3 Å². The van der Waals surface area contributed by atoms with Crippen molar-refractivity contribution in [1.82, 2.24) is 19.9 Å². The third kappa shape index (κ3) is 4.20. The molecule has 5 heterocycles.